The first-order chi connectivity index (χ1) is 7.52. The van der Waals surface area contributed by atoms with Crippen LogP contribution in [0.2, 0.25) is 0 Å². The Labute approximate surface area is 99.9 Å². The second-order valence-corrected chi connectivity index (χ2v) is 4.38. The lowest BCUT2D eigenvalue weighted by atomic mass is 10.2. The Kier molecular flexibility index (Phi) is 8.23. The molecule has 0 saturated carbocycles. The van der Waals surface area contributed by atoms with E-state index in [-0.39, 0.29) is 11.0 Å². The van der Waals surface area contributed by atoms with Crippen molar-refractivity contribution in [1.82, 2.24) is 5.32 Å². The van der Waals surface area contributed by atoms with Gasteiger partial charge in [-0.05, 0) is 6.42 Å². The monoisotopic (exact) mass is 249 g/mol. The number of rotatable bonds is 7. The number of hydrogen-bond acceptors (Lipinski definition) is 5. The van der Waals surface area contributed by atoms with Crippen LogP contribution in [0, 0.1) is 0 Å². The Hall–Kier alpha value is -0.590. The number of nitrogens with one attached hydrogen (secondary N) is 1. The van der Waals surface area contributed by atoms with Crippen molar-refractivity contribution in [2.75, 3.05) is 19.4 Å². The van der Waals surface area contributed by atoms with Crippen LogP contribution in [-0.2, 0) is 14.3 Å². The molecule has 0 fully saturated rings. The highest BCUT2D eigenvalue weighted by molar-refractivity contribution is 8.13. The normalized spacial score (nSPS) is 14.2. The van der Waals surface area contributed by atoms with Gasteiger partial charge in [0.1, 0.15) is 0 Å². The third-order valence-electron chi connectivity index (χ3n) is 1.97. The van der Waals surface area contributed by atoms with Gasteiger partial charge in [0.25, 0.3) is 0 Å². The Balaban J connectivity index is 3.89. The fourth-order valence-electron chi connectivity index (χ4n) is 1.09. The molecule has 2 N–H and O–H groups in total. The van der Waals surface area contributed by atoms with Crippen LogP contribution in [0.4, 0.5) is 0 Å². The minimum atomic E-state index is -0.785. The average Bonchev–Trinajstić information content (AvgIpc) is 2.24. The molecule has 0 aliphatic heterocycles. The standard InChI is InChI=1S/C10H19NO4S/c1-4-8(13)9(15-3)10(14)16-6-5-11-7(2)12/h8-9,13H,4-6H2,1-3H3,(H,11,12)/t8-,9+/m1/s1. The summed E-state index contributed by atoms with van der Waals surface area (Å²) in [6.45, 7) is 3.64. The summed E-state index contributed by atoms with van der Waals surface area (Å²) in [6.07, 6.45) is -1.09. The van der Waals surface area contributed by atoms with Crippen LogP contribution < -0.4 is 5.32 Å². The molecule has 16 heavy (non-hydrogen) atoms. The van der Waals surface area contributed by atoms with Gasteiger partial charge in [0.2, 0.25) is 11.0 Å². The van der Waals surface area contributed by atoms with E-state index < -0.39 is 12.2 Å². The highest BCUT2D eigenvalue weighted by atomic mass is 32.2. The van der Waals surface area contributed by atoms with Crippen LogP contribution in [0.15, 0.2) is 0 Å². The van der Waals surface area contributed by atoms with Gasteiger partial charge in [-0.3, -0.25) is 9.59 Å². The summed E-state index contributed by atoms with van der Waals surface area (Å²) >= 11 is 1.06. The van der Waals surface area contributed by atoms with Crippen LogP contribution in [0.25, 0.3) is 0 Å². The van der Waals surface area contributed by atoms with Crippen LogP contribution in [0.5, 0.6) is 0 Å². The number of ether oxygens (including phenoxy) is 1. The zero-order valence-electron chi connectivity index (χ0n) is 9.86. The maximum atomic E-state index is 11.6. The van der Waals surface area contributed by atoms with E-state index in [0.29, 0.717) is 18.7 Å². The Bertz CT molecular complexity index is 235. The molecule has 0 aliphatic rings. The third kappa shape index (κ3) is 6.09. The lowest BCUT2D eigenvalue weighted by Gasteiger charge is -2.18. The number of carbonyl (C=O) groups excluding carboxylic acids is 2. The highest BCUT2D eigenvalue weighted by Crippen LogP contribution is 2.12. The van der Waals surface area contributed by atoms with Crippen molar-refractivity contribution in [3.05, 3.63) is 0 Å². The minimum absolute atomic E-state index is 0.120. The molecule has 1 amide bonds. The Morgan fingerprint density at radius 1 is 1.50 bits per heavy atom. The quantitative estimate of drug-likeness (QED) is 0.629. The van der Waals surface area contributed by atoms with E-state index in [9.17, 15) is 14.7 Å². The molecule has 0 aromatic carbocycles. The Morgan fingerprint density at radius 3 is 2.56 bits per heavy atom. The first-order valence-electron chi connectivity index (χ1n) is 5.14. The van der Waals surface area contributed by atoms with Gasteiger partial charge in [0.05, 0.1) is 6.10 Å². The second kappa shape index (κ2) is 8.55. The third-order valence-corrected chi connectivity index (χ3v) is 2.90. The van der Waals surface area contributed by atoms with Gasteiger partial charge < -0.3 is 15.2 Å². The molecule has 0 heterocycles. The van der Waals surface area contributed by atoms with Gasteiger partial charge in [0, 0.05) is 26.3 Å². The summed E-state index contributed by atoms with van der Waals surface area (Å²) in [5.74, 6) is 0.360. The largest absolute Gasteiger partial charge is 0.390 e. The fraction of sp³-hybridized carbons (Fsp3) is 0.800. The predicted molar refractivity (Wildman–Crippen MR) is 63.2 cm³/mol. The lowest BCUT2D eigenvalue weighted by Crippen LogP contribution is -2.34. The summed E-state index contributed by atoms with van der Waals surface area (Å²) in [7, 11) is 1.40. The molecule has 6 heteroatoms. The van der Waals surface area contributed by atoms with Crippen molar-refractivity contribution in [2.45, 2.75) is 32.5 Å². The number of methoxy groups -OCH3 is 1. The van der Waals surface area contributed by atoms with E-state index in [1.165, 1.54) is 14.0 Å². The maximum Gasteiger partial charge on any atom is 0.220 e. The Morgan fingerprint density at radius 2 is 2.12 bits per heavy atom. The van der Waals surface area contributed by atoms with Crippen molar-refractivity contribution in [3.8, 4) is 0 Å². The molecule has 0 bridgehead atoms. The number of hydrogen-bond donors (Lipinski definition) is 2. The lowest BCUT2D eigenvalue weighted by molar-refractivity contribution is -0.126. The van der Waals surface area contributed by atoms with E-state index in [0.717, 1.165) is 11.8 Å². The topological polar surface area (TPSA) is 75.6 Å². The number of carbonyl (C=O) groups is 2. The molecule has 0 aromatic heterocycles. The predicted octanol–water partition coefficient (Wildman–Crippen LogP) is 0.168. The van der Waals surface area contributed by atoms with Gasteiger partial charge in [0.15, 0.2) is 6.10 Å². The van der Waals surface area contributed by atoms with Crippen molar-refractivity contribution < 1.29 is 19.4 Å². The van der Waals surface area contributed by atoms with Crippen LogP contribution >= 0.6 is 11.8 Å². The van der Waals surface area contributed by atoms with E-state index >= 15 is 0 Å². The minimum Gasteiger partial charge on any atom is -0.390 e. The number of thioether (sulfide) groups is 1. The molecular formula is C10H19NO4S. The first kappa shape index (κ1) is 15.4. The van der Waals surface area contributed by atoms with Crippen molar-refractivity contribution in [2.24, 2.45) is 0 Å². The highest BCUT2D eigenvalue weighted by Gasteiger charge is 2.25. The molecule has 0 aliphatic carbocycles. The molecule has 0 saturated heterocycles. The van der Waals surface area contributed by atoms with E-state index in [1.807, 2.05) is 0 Å². The number of amides is 1. The molecule has 0 rings (SSSR count). The second-order valence-electron chi connectivity index (χ2n) is 3.28. The fourth-order valence-corrected chi connectivity index (χ4v) is 1.91. The average molecular weight is 249 g/mol. The van der Waals surface area contributed by atoms with Crippen molar-refractivity contribution in [1.29, 1.82) is 0 Å². The summed E-state index contributed by atoms with van der Waals surface area (Å²) in [6, 6.07) is 0. The first-order valence-corrected chi connectivity index (χ1v) is 6.13. The summed E-state index contributed by atoms with van der Waals surface area (Å²) in [5, 5.41) is 11.9. The van der Waals surface area contributed by atoms with Crippen LogP contribution in [0.1, 0.15) is 20.3 Å². The summed E-state index contributed by atoms with van der Waals surface area (Å²) in [5.41, 5.74) is 0. The zero-order chi connectivity index (χ0) is 12.6. The van der Waals surface area contributed by atoms with Gasteiger partial charge in [-0.2, -0.15) is 0 Å². The van der Waals surface area contributed by atoms with E-state index in [4.69, 9.17) is 4.74 Å². The molecular weight excluding hydrogens is 230 g/mol. The van der Waals surface area contributed by atoms with Gasteiger partial charge >= 0.3 is 0 Å². The summed E-state index contributed by atoms with van der Waals surface area (Å²) in [4.78, 5) is 22.1. The number of aliphatic hydroxyl groups is 1. The summed E-state index contributed by atoms with van der Waals surface area (Å²) < 4.78 is 4.94. The SMILES string of the molecule is CC[C@@H](O)[C@H](OC)C(=O)SCCNC(C)=O. The molecule has 2 atom stereocenters. The van der Waals surface area contributed by atoms with Crippen molar-refractivity contribution >= 4 is 22.8 Å². The van der Waals surface area contributed by atoms with E-state index in [1.54, 1.807) is 6.92 Å². The molecule has 0 radical (unpaired) electrons. The molecule has 0 spiro atoms. The van der Waals surface area contributed by atoms with Crippen LogP contribution in [-0.4, -0.2) is 47.7 Å². The maximum absolute atomic E-state index is 11.6. The van der Waals surface area contributed by atoms with Crippen molar-refractivity contribution in [3.63, 3.8) is 0 Å². The number of aliphatic hydroxyl groups excluding tert-OH is 1. The molecule has 5 nitrogen and oxygen atoms in total. The zero-order valence-corrected chi connectivity index (χ0v) is 10.7. The molecule has 94 valence electrons. The van der Waals surface area contributed by atoms with Gasteiger partial charge in [-0.15, -0.1) is 0 Å². The molecule has 0 unspecified atom stereocenters. The van der Waals surface area contributed by atoms with Crippen LogP contribution in [0.3, 0.4) is 0 Å². The van der Waals surface area contributed by atoms with Gasteiger partial charge in [-0.1, -0.05) is 18.7 Å². The smallest absolute Gasteiger partial charge is 0.220 e. The van der Waals surface area contributed by atoms with Gasteiger partial charge in [-0.25, -0.2) is 0 Å². The van der Waals surface area contributed by atoms with E-state index in [2.05, 4.69) is 5.32 Å². The molecule has 0 aromatic rings.